The van der Waals surface area contributed by atoms with E-state index in [-0.39, 0.29) is 17.9 Å². The molecule has 4 nitrogen and oxygen atoms in total. The van der Waals surface area contributed by atoms with E-state index < -0.39 is 9.84 Å². The molecule has 84 valence electrons. The van der Waals surface area contributed by atoms with E-state index in [1.54, 1.807) is 0 Å². The van der Waals surface area contributed by atoms with Crippen LogP contribution in [0.3, 0.4) is 0 Å². The lowest BCUT2D eigenvalue weighted by Crippen LogP contribution is -2.41. The molecule has 0 aromatic carbocycles. The summed E-state index contributed by atoms with van der Waals surface area (Å²) in [7, 11) is -2.88. The van der Waals surface area contributed by atoms with Crippen LogP contribution in [0, 0.1) is 5.92 Å². The van der Waals surface area contributed by atoms with E-state index in [1.165, 1.54) is 6.26 Å². The first kappa shape index (κ1) is 11.9. The standard InChI is InChI=1S/C9H19NO3S/c1-7(6-14(2,12)13)10-5-8-3-9(11)4-8/h7-11H,3-6H2,1-2H3. The van der Waals surface area contributed by atoms with Crippen LogP contribution in [0.4, 0.5) is 0 Å². The fraction of sp³-hybridized carbons (Fsp3) is 1.00. The molecule has 0 aliphatic heterocycles. The smallest absolute Gasteiger partial charge is 0.148 e. The lowest BCUT2D eigenvalue weighted by atomic mass is 9.82. The predicted octanol–water partition coefficient (Wildman–Crippen LogP) is -0.220. The fourth-order valence-corrected chi connectivity index (χ4v) is 2.77. The molecule has 0 amide bonds. The van der Waals surface area contributed by atoms with E-state index in [2.05, 4.69) is 5.32 Å². The summed E-state index contributed by atoms with van der Waals surface area (Å²) in [6.45, 7) is 2.68. The number of hydrogen-bond donors (Lipinski definition) is 2. The van der Waals surface area contributed by atoms with Gasteiger partial charge in [-0.25, -0.2) is 8.42 Å². The molecule has 5 heteroatoms. The lowest BCUT2D eigenvalue weighted by molar-refractivity contribution is 0.0423. The van der Waals surface area contributed by atoms with Crippen molar-refractivity contribution in [3.8, 4) is 0 Å². The highest BCUT2D eigenvalue weighted by atomic mass is 32.2. The summed E-state index contributed by atoms with van der Waals surface area (Å²) in [6.07, 6.45) is 2.81. The summed E-state index contributed by atoms with van der Waals surface area (Å²) >= 11 is 0. The van der Waals surface area contributed by atoms with E-state index >= 15 is 0 Å². The second kappa shape index (κ2) is 4.59. The Labute approximate surface area is 85.6 Å². The van der Waals surface area contributed by atoms with Crippen molar-refractivity contribution < 1.29 is 13.5 Å². The van der Waals surface area contributed by atoms with Gasteiger partial charge in [-0.05, 0) is 32.2 Å². The highest BCUT2D eigenvalue weighted by Crippen LogP contribution is 2.26. The third-order valence-corrected chi connectivity index (χ3v) is 3.62. The lowest BCUT2D eigenvalue weighted by Gasteiger charge is -2.32. The van der Waals surface area contributed by atoms with Crippen LogP contribution in [0.15, 0.2) is 0 Å². The first-order valence-electron chi connectivity index (χ1n) is 4.96. The summed E-state index contributed by atoms with van der Waals surface area (Å²) in [6, 6.07) is 0.00254. The number of nitrogens with one attached hydrogen (secondary N) is 1. The van der Waals surface area contributed by atoms with Gasteiger partial charge in [0.15, 0.2) is 0 Å². The fourth-order valence-electron chi connectivity index (χ4n) is 1.75. The van der Waals surface area contributed by atoms with Gasteiger partial charge in [-0.2, -0.15) is 0 Å². The molecule has 0 radical (unpaired) electrons. The van der Waals surface area contributed by atoms with E-state index in [9.17, 15) is 8.42 Å². The maximum Gasteiger partial charge on any atom is 0.148 e. The van der Waals surface area contributed by atoms with Gasteiger partial charge in [-0.3, -0.25) is 0 Å². The Morgan fingerprint density at radius 1 is 1.50 bits per heavy atom. The Hall–Kier alpha value is -0.130. The number of hydrogen-bond acceptors (Lipinski definition) is 4. The molecule has 0 heterocycles. The van der Waals surface area contributed by atoms with Crippen molar-refractivity contribution in [1.29, 1.82) is 0 Å². The topological polar surface area (TPSA) is 66.4 Å². The Morgan fingerprint density at radius 3 is 2.50 bits per heavy atom. The van der Waals surface area contributed by atoms with Crippen LogP contribution in [0.5, 0.6) is 0 Å². The molecule has 1 aliphatic carbocycles. The summed E-state index contributed by atoms with van der Waals surface area (Å²) in [5.74, 6) is 0.703. The quantitative estimate of drug-likeness (QED) is 0.673. The van der Waals surface area contributed by atoms with Gasteiger partial charge in [0.1, 0.15) is 9.84 Å². The molecular formula is C9H19NO3S. The summed E-state index contributed by atoms with van der Waals surface area (Å²) in [5.41, 5.74) is 0. The highest BCUT2D eigenvalue weighted by molar-refractivity contribution is 7.90. The predicted molar refractivity (Wildman–Crippen MR) is 55.9 cm³/mol. The molecule has 1 aliphatic rings. The van der Waals surface area contributed by atoms with Gasteiger partial charge >= 0.3 is 0 Å². The minimum Gasteiger partial charge on any atom is -0.393 e. The van der Waals surface area contributed by atoms with E-state index in [0.717, 1.165) is 19.4 Å². The van der Waals surface area contributed by atoms with Crippen molar-refractivity contribution in [3.05, 3.63) is 0 Å². The van der Waals surface area contributed by atoms with E-state index in [0.29, 0.717) is 5.92 Å². The van der Waals surface area contributed by atoms with Gasteiger partial charge in [0.05, 0.1) is 11.9 Å². The molecule has 1 fully saturated rings. The van der Waals surface area contributed by atoms with Crippen molar-refractivity contribution in [2.45, 2.75) is 31.9 Å². The Kier molecular flexibility index (Phi) is 3.92. The van der Waals surface area contributed by atoms with Gasteiger partial charge < -0.3 is 10.4 Å². The number of sulfone groups is 1. The van der Waals surface area contributed by atoms with Crippen molar-refractivity contribution in [2.75, 3.05) is 18.6 Å². The second-order valence-electron chi connectivity index (χ2n) is 4.39. The number of rotatable bonds is 5. The Balaban J connectivity index is 2.12. The Bertz CT molecular complexity index is 270. The molecular weight excluding hydrogens is 202 g/mol. The van der Waals surface area contributed by atoms with Crippen molar-refractivity contribution in [2.24, 2.45) is 5.92 Å². The van der Waals surface area contributed by atoms with Gasteiger partial charge in [-0.1, -0.05) is 0 Å². The maximum absolute atomic E-state index is 10.9. The van der Waals surface area contributed by atoms with Crippen molar-refractivity contribution in [1.82, 2.24) is 5.32 Å². The normalized spacial score (nSPS) is 29.6. The van der Waals surface area contributed by atoms with Gasteiger partial charge in [0.25, 0.3) is 0 Å². The average Bonchev–Trinajstić information content (AvgIpc) is 1.92. The SMILES string of the molecule is CC(CS(C)(=O)=O)NCC1CC(O)C1. The van der Waals surface area contributed by atoms with Crippen LogP contribution in [0.25, 0.3) is 0 Å². The number of aliphatic hydroxyl groups is 1. The molecule has 0 bridgehead atoms. The van der Waals surface area contributed by atoms with E-state index in [1.807, 2.05) is 6.92 Å². The number of aliphatic hydroxyl groups excluding tert-OH is 1. The minimum absolute atomic E-state index is 0.00254. The second-order valence-corrected chi connectivity index (χ2v) is 6.58. The maximum atomic E-state index is 10.9. The van der Waals surface area contributed by atoms with Crippen LogP contribution >= 0.6 is 0 Å². The molecule has 0 spiro atoms. The van der Waals surface area contributed by atoms with Crippen LogP contribution in [-0.2, 0) is 9.84 Å². The zero-order valence-corrected chi connectivity index (χ0v) is 9.55. The van der Waals surface area contributed by atoms with Crippen molar-refractivity contribution in [3.63, 3.8) is 0 Å². The van der Waals surface area contributed by atoms with Gasteiger partial charge in [-0.15, -0.1) is 0 Å². The molecule has 1 rings (SSSR count). The Morgan fingerprint density at radius 2 is 2.07 bits per heavy atom. The minimum atomic E-state index is -2.88. The summed E-state index contributed by atoms with van der Waals surface area (Å²) in [5, 5.41) is 12.2. The third kappa shape index (κ3) is 4.39. The van der Waals surface area contributed by atoms with Crippen LogP contribution in [0.1, 0.15) is 19.8 Å². The molecule has 1 saturated carbocycles. The first-order chi connectivity index (χ1) is 6.37. The molecule has 14 heavy (non-hydrogen) atoms. The largest absolute Gasteiger partial charge is 0.393 e. The average molecular weight is 221 g/mol. The van der Waals surface area contributed by atoms with Crippen molar-refractivity contribution >= 4 is 9.84 Å². The van der Waals surface area contributed by atoms with Crippen LogP contribution < -0.4 is 5.32 Å². The molecule has 0 aromatic rings. The first-order valence-corrected chi connectivity index (χ1v) is 7.02. The zero-order chi connectivity index (χ0) is 10.8. The molecule has 2 N–H and O–H groups in total. The molecule has 0 saturated heterocycles. The summed E-state index contributed by atoms with van der Waals surface area (Å²) in [4.78, 5) is 0. The molecule has 1 unspecified atom stereocenters. The summed E-state index contributed by atoms with van der Waals surface area (Å²) < 4.78 is 21.9. The monoisotopic (exact) mass is 221 g/mol. The highest BCUT2D eigenvalue weighted by Gasteiger charge is 2.27. The van der Waals surface area contributed by atoms with E-state index in [4.69, 9.17) is 5.11 Å². The zero-order valence-electron chi connectivity index (χ0n) is 8.73. The molecule has 0 aromatic heterocycles. The molecule has 1 atom stereocenters. The third-order valence-electron chi connectivity index (χ3n) is 2.52. The van der Waals surface area contributed by atoms with Gasteiger partial charge in [0, 0.05) is 12.3 Å². The van der Waals surface area contributed by atoms with Crippen LogP contribution in [-0.4, -0.2) is 44.2 Å². The van der Waals surface area contributed by atoms with Crippen LogP contribution in [0.2, 0.25) is 0 Å². The van der Waals surface area contributed by atoms with Gasteiger partial charge in [0.2, 0.25) is 0 Å².